The van der Waals surface area contributed by atoms with Crippen molar-refractivity contribution < 1.29 is 8.83 Å². The molecule has 0 amide bonds. The molecule has 2 saturated carbocycles. The lowest BCUT2D eigenvalue weighted by molar-refractivity contribution is 0.665. The highest BCUT2D eigenvalue weighted by atomic mass is 16.3. The SMILES string of the molecule is Cc1ccc2c(oc3c(C)cccc32)c1N(c1ccc(C2CCCC2)cc1)c1cc(C(C)C)c2ccc3c(N(c4ccc(C5CCCC5)cc4)c4c(C)ccc5c4oc4c(C)cccc45)cc(C(C)C)c4ccc1c2c43. The molecule has 0 radical (unpaired) electrons. The fraction of sp³-hybridized carbons (Fsp3) is 0.278. The van der Waals surface area contributed by atoms with Gasteiger partial charge in [-0.05, 0) is 180 Å². The topological polar surface area (TPSA) is 32.8 Å². The molecule has 0 bridgehead atoms. The Balaban J connectivity index is 1.08. The fourth-order valence-corrected chi connectivity index (χ4v) is 14.2. The number of aryl methyl sites for hydroxylation is 4. The summed E-state index contributed by atoms with van der Waals surface area (Å²) in [5.41, 5.74) is 20.7. The number of anilines is 6. The number of rotatable bonds is 10. The maximum Gasteiger partial charge on any atom is 0.159 e. The monoisotopic (exact) mass is 993 g/mol. The molecule has 0 saturated heterocycles. The van der Waals surface area contributed by atoms with Gasteiger partial charge in [0.25, 0.3) is 0 Å². The van der Waals surface area contributed by atoms with E-state index in [9.17, 15) is 0 Å². The molecule has 0 N–H and O–H groups in total. The van der Waals surface area contributed by atoms with Crippen molar-refractivity contribution in [2.45, 2.75) is 130 Å². The van der Waals surface area contributed by atoms with E-state index in [1.807, 2.05) is 0 Å². The molecular weight excluding hydrogens is 925 g/mol. The van der Waals surface area contributed by atoms with Gasteiger partial charge in [0.1, 0.15) is 11.2 Å². The van der Waals surface area contributed by atoms with E-state index in [1.165, 1.54) is 128 Å². The smallest absolute Gasteiger partial charge is 0.159 e. The van der Waals surface area contributed by atoms with Crippen molar-refractivity contribution >= 4 is 110 Å². The van der Waals surface area contributed by atoms with Gasteiger partial charge in [-0.15, -0.1) is 0 Å². The van der Waals surface area contributed by atoms with E-state index in [0.717, 1.165) is 77.8 Å². The van der Waals surface area contributed by atoms with Gasteiger partial charge in [-0.25, -0.2) is 0 Å². The molecule has 0 unspecified atom stereocenters. The zero-order chi connectivity index (χ0) is 51.7. The van der Waals surface area contributed by atoms with Gasteiger partial charge < -0.3 is 18.6 Å². The van der Waals surface area contributed by atoms with Crippen LogP contribution in [0.1, 0.15) is 147 Å². The molecule has 4 nitrogen and oxygen atoms in total. The van der Waals surface area contributed by atoms with Crippen molar-refractivity contribution in [3.8, 4) is 0 Å². The molecule has 378 valence electrons. The normalized spacial score (nSPS) is 14.8. The molecule has 2 heterocycles. The van der Waals surface area contributed by atoms with Crippen molar-refractivity contribution in [3.63, 3.8) is 0 Å². The molecule has 14 rings (SSSR count). The number of nitrogens with zero attached hydrogens (tertiary/aromatic N) is 2. The third-order valence-electron chi connectivity index (χ3n) is 18.1. The Labute approximate surface area is 447 Å². The van der Waals surface area contributed by atoms with Gasteiger partial charge in [0.15, 0.2) is 11.2 Å². The summed E-state index contributed by atoms with van der Waals surface area (Å²) in [6.45, 7) is 18.3. The molecule has 0 atom stereocenters. The molecule has 12 aromatic rings. The number of benzene rings is 10. The zero-order valence-electron chi connectivity index (χ0n) is 45.5. The molecule has 76 heavy (non-hydrogen) atoms. The second-order valence-electron chi connectivity index (χ2n) is 23.5. The van der Waals surface area contributed by atoms with Crippen LogP contribution < -0.4 is 9.80 Å². The molecule has 2 aliphatic rings. The average molecular weight is 993 g/mol. The molecule has 2 aromatic heterocycles. The summed E-state index contributed by atoms with van der Waals surface area (Å²) in [4.78, 5) is 5.11. The highest BCUT2D eigenvalue weighted by Crippen LogP contribution is 2.54. The molecule has 4 heteroatoms. The molecular formula is C72H68N2O2. The maximum absolute atomic E-state index is 7.14. The zero-order valence-corrected chi connectivity index (χ0v) is 45.5. The Morgan fingerprint density at radius 3 is 1.11 bits per heavy atom. The summed E-state index contributed by atoms with van der Waals surface area (Å²) in [5, 5.41) is 12.3. The van der Waals surface area contributed by atoms with Crippen LogP contribution in [0.5, 0.6) is 0 Å². The first-order chi connectivity index (χ1) is 37.0. The minimum Gasteiger partial charge on any atom is -0.454 e. The summed E-state index contributed by atoms with van der Waals surface area (Å²) >= 11 is 0. The highest BCUT2D eigenvalue weighted by Gasteiger charge is 2.31. The van der Waals surface area contributed by atoms with Gasteiger partial charge in [0.05, 0.1) is 22.7 Å². The molecule has 0 aliphatic heterocycles. The first kappa shape index (κ1) is 46.9. The second kappa shape index (κ2) is 18.0. The molecule has 0 spiro atoms. The first-order valence-electron chi connectivity index (χ1n) is 28.4. The number of fused-ring (bicyclic) bond motifs is 6. The summed E-state index contributed by atoms with van der Waals surface area (Å²) in [6, 6.07) is 56.2. The quantitative estimate of drug-likeness (QED) is 0.128. The summed E-state index contributed by atoms with van der Waals surface area (Å²) in [7, 11) is 0. The maximum atomic E-state index is 7.14. The van der Waals surface area contributed by atoms with Crippen LogP contribution in [0.25, 0.3) is 76.2 Å². The minimum atomic E-state index is 0.247. The Kier molecular flexibility index (Phi) is 11.1. The Hall–Kier alpha value is -7.56. The largest absolute Gasteiger partial charge is 0.454 e. The standard InChI is InChI=1S/C72H68N2O2/c1-41(2)61-39-63(73(51-29-25-49(26-30-51)47-17-9-10-18-47)67-43(5)23-33-57-55-21-13-15-45(7)69(55)75-71(57)67)59-38-36-54-62(42(3)4)40-64(60-37-35-53(61)65(59)66(54)60)74(52-31-27-50(28-32-52)48-19-11-12-20-48)68-44(6)24-34-58-56-22-14-16-46(8)70(56)76-72(58)68/h13-16,21-42,47-48H,9-12,17-20H2,1-8H3. The highest BCUT2D eigenvalue weighted by molar-refractivity contribution is 6.30. The van der Waals surface area contributed by atoms with E-state index >= 15 is 0 Å². The second-order valence-corrected chi connectivity index (χ2v) is 23.5. The number of hydrogen-bond donors (Lipinski definition) is 0. The van der Waals surface area contributed by atoms with Crippen LogP contribution in [0.4, 0.5) is 34.1 Å². The van der Waals surface area contributed by atoms with Gasteiger partial charge in [0.2, 0.25) is 0 Å². The summed E-state index contributed by atoms with van der Waals surface area (Å²) in [6.07, 6.45) is 10.3. The predicted octanol–water partition coefficient (Wildman–Crippen LogP) is 22.1. The van der Waals surface area contributed by atoms with E-state index < -0.39 is 0 Å². The van der Waals surface area contributed by atoms with Gasteiger partial charge in [-0.2, -0.15) is 0 Å². The van der Waals surface area contributed by atoms with Gasteiger partial charge in [0, 0.05) is 43.7 Å². The molecule has 10 aromatic carbocycles. The van der Waals surface area contributed by atoms with Crippen LogP contribution in [0, 0.1) is 27.7 Å². The van der Waals surface area contributed by atoms with Crippen molar-refractivity contribution in [2.24, 2.45) is 0 Å². The van der Waals surface area contributed by atoms with Crippen LogP contribution in [0.2, 0.25) is 0 Å². The van der Waals surface area contributed by atoms with Gasteiger partial charge in [-0.1, -0.05) is 163 Å². The van der Waals surface area contributed by atoms with Crippen molar-refractivity contribution in [3.05, 3.63) is 190 Å². The van der Waals surface area contributed by atoms with Crippen LogP contribution in [-0.2, 0) is 0 Å². The van der Waals surface area contributed by atoms with Crippen LogP contribution in [0.15, 0.2) is 154 Å². The lowest BCUT2D eigenvalue weighted by Crippen LogP contribution is -2.14. The number of para-hydroxylation sites is 2. The Morgan fingerprint density at radius 2 is 0.724 bits per heavy atom. The Morgan fingerprint density at radius 1 is 0.368 bits per heavy atom. The number of hydrogen-bond acceptors (Lipinski definition) is 4. The predicted molar refractivity (Wildman–Crippen MR) is 324 cm³/mol. The summed E-state index contributed by atoms with van der Waals surface area (Å²) in [5.74, 6) is 1.73. The first-order valence-corrected chi connectivity index (χ1v) is 28.4. The van der Waals surface area contributed by atoms with Crippen molar-refractivity contribution in [1.29, 1.82) is 0 Å². The van der Waals surface area contributed by atoms with E-state index in [0.29, 0.717) is 11.8 Å². The average Bonchev–Trinajstić information content (AvgIpc) is 4.33. The lowest BCUT2D eigenvalue weighted by Gasteiger charge is -2.32. The van der Waals surface area contributed by atoms with Gasteiger partial charge in [-0.3, -0.25) is 0 Å². The van der Waals surface area contributed by atoms with Crippen molar-refractivity contribution in [2.75, 3.05) is 9.80 Å². The third-order valence-corrected chi connectivity index (χ3v) is 18.1. The van der Waals surface area contributed by atoms with Crippen LogP contribution in [0.3, 0.4) is 0 Å². The minimum absolute atomic E-state index is 0.247. The van der Waals surface area contributed by atoms with E-state index in [2.05, 4.69) is 211 Å². The van der Waals surface area contributed by atoms with E-state index in [4.69, 9.17) is 8.83 Å². The molecule has 2 aliphatic carbocycles. The fourth-order valence-electron chi connectivity index (χ4n) is 14.2. The third kappa shape index (κ3) is 7.23. The van der Waals surface area contributed by atoms with Gasteiger partial charge >= 0.3 is 0 Å². The number of furan rings is 2. The Bertz CT molecular complexity index is 3960. The molecule has 2 fully saturated rings. The van der Waals surface area contributed by atoms with E-state index in [-0.39, 0.29) is 11.8 Å². The van der Waals surface area contributed by atoms with Crippen LogP contribution >= 0.6 is 0 Å². The lowest BCUT2D eigenvalue weighted by atomic mass is 9.84. The summed E-state index contributed by atoms with van der Waals surface area (Å²) < 4.78 is 14.3. The van der Waals surface area contributed by atoms with Crippen LogP contribution in [-0.4, -0.2) is 0 Å². The van der Waals surface area contributed by atoms with Crippen molar-refractivity contribution in [1.82, 2.24) is 0 Å². The van der Waals surface area contributed by atoms with E-state index in [1.54, 1.807) is 0 Å².